The van der Waals surface area contributed by atoms with E-state index in [4.69, 9.17) is 27.9 Å². The highest BCUT2D eigenvalue weighted by Gasteiger charge is 2.46. The zero-order chi connectivity index (χ0) is 22.0. The summed E-state index contributed by atoms with van der Waals surface area (Å²) in [6.07, 6.45) is 1.16. The minimum atomic E-state index is -0.719. The average molecular weight is 461 g/mol. The first-order valence-corrected chi connectivity index (χ1v) is 11.3. The summed E-state index contributed by atoms with van der Waals surface area (Å²) in [6.45, 7) is 5.05. The van der Waals surface area contributed by atoms with E-state index < -0.39 is 5.41 Å². The highest BCUT2D eigenvalue weighted by molar-refractivity contribution is 6.35. The maximum absolute atomic E-state index is 13.8. The fraction of sp³-hybridized carbons (Fsp3) is 0.417. The van der Waals surface area contributed by atoms with Crippen LogP contribution in [0.3, 0.4) is 0 Å². The van der Waals surface area contributed by atoms with E-state index >= 15 is 0 Å². The van der Waals surface area contributed by atoms with Crippen molar-refractivity contribution in [2.75, 3.05) is 39.4 Å². The zero-order valence-electron chi connectivity index (χ0n) is 17.6. The van der Waals surface area contributed by atoms with E-state index in [9.17, 15) is 9.59 Å². The lowest BCUT2D eigenvalue weighted by Crippen LogP contribution is -2.56. The van der Waals surface area contributed by atoms with Gasteiger partial charge in [0.25, 0.3) is 5.91 Å². The summed E-state index contributed by atoms with van der Waals surface area (Å²) in [5.41, 5.74) is 1.89. The Balaban J connectivity index is 1.50. The normalized spacial score (nSPS) is 18.7. The predicted octanol–water partition coefficient (Wildman–Crippen LogP) is 4.33. The molecule has 7 heteroatoms. The van der Waals surface area contributed by atoms with E-state index in [1.165, 1.54) is 0 Å². The van der Waals surface area contributed by atoms with Gasteiger partial charge in [-0.15, -0.1) is 0 Å². The second-order valence-corrected chi connectivity index (χ2v) is 9.11. The fourth-order valence-electron chi connectivity index (χ4n) is 4.49. The number of halogens is 2. The van der Waals surface area contributed by atoms with Gasteiger partial charge in [-0.3, -0.25) is 9.59 Å². The van der Waals surface area contributed by atoms with Crippen LogP contribution in [0.15, 0.2) is 42.5 Å². The minimum absolute atomic E-state index is 0.00799. The van der Waals surface area contributed by atoms with Gasteiger partial charge in [-0.1, -0.05) is 47.0 Å². The summed E-state index contributed by atoms with van der Waals surface area (Å²) in [4.78, 5) is 30.3. The van der Waals surface area contributed by atoms with Crippen molar-refractivity contribution in [3.63, 3.8) is 0 Å². The monoisotopic (exact) mass is 460 g/mol. The summed E-state index contributed by atoms with van der Waals surface area (Å²) in [5, 5.41) is 1.06. The quantitative estimate of drug-likeness (QED) is 0.684. The largest absolute Gasteiger partial charge is 0.381 e. The Morgan fingerprint density at radius 2 is 1.52 bits per heavy atom. The van der Waals surface area contributed by atoms with E-state index in [1.54, 1.807) is 12.1 Å². The molecule has 5 nitrogen and oxygen atoms in total. The Hall–Kier alpha value is -2.08. The second kappa shape index (κ2) is 9.19. The molecule has 4 rings (SSSR count). The number of piperazine rings is 1. The molecule has 2 amide bonds. The number of benzene rings is 2. The summed E-state index contributed by atoms with van der Waals surface area (Å²) in [6, 6.07) is 12.9. The molecule has 2 aliphatic rings. The number of nitrogens with zero attached hydrogens (tertiary/aromatic N) is 2. The van der Waals surface area contributed by atoms with Crippen molar-refractivity contribution in [3.05, 3.63) is 69.2 Å². The molecule has 164 valence electrons. The lowest BCUT2D eigenvalue weighted by atomic mass is 9.72. The molecule has 0 bridgehead atoms. The smallest absolute Gasteiger partial charge is 0.253 e. The highest BCUT2D eigenvalue weighted by Crippen LogP contribution is 2.41. The molecular weight excluding hydrogens is 435 g/mol. The molecule has 31 heavy (non-hydrogen) atoms. The van der Waals surface area contributed by atoms with E-state index in [-0.39, 0.29) is 11.8 Å². The SMILES string of the molecule is Cc1ccc(C(=O)N2CCN(C(=O)C3(c4ccc(Cl)cc4Cl)CCOCC3)CC2)cc1. The molecular formula is C24H26Cl2N2O3. The maximum Gasteiger partial charge on any atom is 0.253 e. The van der Waals surface area contributed by atoms with Crippen molar-refractivity contribution in [1.29, 1.82) is 0 Å². The molecule has 2 saturated heterocycles. The second-order valence-electron chi connectivity index (χ2n) is 8.27. The van der Waals surface area contributed by atoms with Gasteiger partial charge < -0.3 is 14.5 Å². The Morgan fingerprint density at radius 1 is 0.903 bits per heavy atom. The van der Waals surface area contributed by atoms with Crippen LogP contribution < -0.4 is 0 Å². The number of hydrogen-bond acceptors (Lipinski definition) is 3. The average Bonchev–Trinajstić information content (AvgIpc) is 2.79. The molecule has 0 N–H and O–H groups in total. The lowest BCUT2D eigenvalue weighted by Gasteiger charge is -2.43. The molecule has 0 atom stereocenters. The third-order valence-corrected chi connectivity index (χ3v) is 6.90. The highest BCUT2D eigenvalue weighted by atomic mass is 35.5. The molecule has 2 fully saturated rings. The van der Waals surface area contributed by atoms with Crippen LogP contribution in [0.5, 0.6) is 0 Å². The number of amides is 2. The van der Waals surface area contributed by atoms with Gasteiger partial charge in [-0.05, 0) is 49.6 Å². The van der Waals surface area contributed by atoms with Crippen LogP contribution in [-0.2, 0) is 14.9 Å². The van der Waals surface area contributed by atoms with Crippen molar-refractivity contribution >= 4 is 35.0 Å². The number of carbonyl (C=O) groups is 2. The molecule has 0 aromatic heterocycles. The molecule has 0 saturated carbocycles. The third-order valence-electron chi connectivity index (χ3n) is 6.36. The third kappa shape index (κ3) is 4.45. The number of aryl methyl sites for hydroxylation is 1. The van der Waals surface area contributed by atoms with Gasteiger partial charge >= 0.3 is 0 Å². The zero-order valence-corrected chi connectivity index (χ0v) is 19.1. The van der Waals surface area contributed by atoms with Crippen LogP contribution in [0, 0.1) is 6.92 Å². The van der Waals surface area contributed by atoms with Gasteiger partial charge in [0.1, 0.15) is 0 Å². The topological polar surface area (TPSA) is 49.9 Å². The fourth-order valence-corrected chi connectivity index (χ4v) is 5.08. The van der Waals surface area contributed by atoms with Crippen molar-refractivity contribution in [2.24, 2.45) is 0 Å². The Bertz CT molecular complexity index is 963. The lowest BCUT2D eigenvalue weighted by molar-refractivity contribution is -0.142. The van der Waals surface area contributed by atoms with Gasteiger partial charge in [-0.2, -0.15) is 0 Å². The molecule has 0 aliphatic carbocycles. The minimum Gasteiger partial charge on any atom is -0.381 e. The van der Waals surface area contributed by atoms with Crippen LogP contribution in [-0.4, -0.2) is 61.0 Å². The van der Waals surface area contributed by atoms with Crippen molar-refractivity contribution in [2.45, 2.75) is 25.2 Å². The van der Waals surface area contributed by atoms with Gasteiger partial charge in [0, 0.05) is 55.0 Å². The Labute approximate surface area is 192 Å². The van der Waals surface area contributed by atoms with Crippen molar-refractivity contribution < 1.29 is 14.3 Å². The standard InChI is InChI=1S/C24H26Cl2N2O3/c1-17-2-4-18(5-3-17)22(29)27-10-12-28(13-11-27)23(30)24(8-14-31-15-9-24)20-7-6-19(25)16-21(20)26/h2-7,16H,8-15H2,1H3. The van der Waals surface area contributed by atoms with Gasteiger partial charge in [-0.25, -0.2) is 0 Å². The predicted molar refractivity (Wildman–Crippen MR) is 122 cm³/mol. The van der Waals surface area contributed by atoms with E-state index in [0.717, 1.165) is 11.1 Å². The number of rotatable bonds is 3. The molecule has 0 spiro atoms. The number of carbonyl (C=O) groups excluding carboxylic acids is 2. The Kier molecular flexibility index (Phi) is 6.56. The summed E-state index contributed by atoms with van der Waals surface area (Å²) < 4.78 is 5.56. The maximum atomic E-state index is 13.8. The first-order valence-electron chi connectivity index (χ1n) is 10.6. The molecule has 2 aromatic rings. The number of hydrogen-bond donors (Lipinski definition) is 0. The van der Waals surface area contributed by atoms with E-state index in [0.29, 0.717) is 67.8 Å². The summed E-state index contributed by atoms with van der Waals surface area (Å²) >= 11 is 12.6. The Morgan fingerprint density at radius 3 is 2.13 bits per heavy atom. The van der Waals surface area contributed by atoms with Gasteiger partial charge in [0.15, 0.2) is 0 Å². The van der Waals surface area contributed by atoms with Crippen LogP contribution >= 0.6 is 23.2 Å². The van der Waals surface area contributed by atoms with Gasteiger partial charge in [0.05, 0.1) is 5.41 Å². The molecule has 2 aromatic carbocycles. The first-order chi connectivity index (χ1) is 14.9. The van der Waals surface area contributed by atoms with Crippen LogP contribution in [0.4, 0.5) is 0 Å². The molecule has 2 heterocycles. The van der Waals surface area contributed by atoms with Crippen LogP contribution in [0.1, 0.15) is 34.3 Å². The summed E-state index contributed by atoms with van der Waals surface area (Å²) in [5.74, 6) is 0.0658. The summed E-state index contributed by atoms with van der Waals surface area (Å²) in [7, 11) is 0. The van der Waals surface area contributed by atoms with Crippen molar-refractivity contribution in [1.82, 2.24) is 9.80 Å². The van der Waals surface area contributed by atoms with Crippen LogP contribution in [0.25, 0.3) is 0 Å². The van der Waals surface area contributed by atoms with Crippen LogP contribution in [0.2, 0.25) is 10.0 Å². The van der Waals surface area contributed by atoms with Crippen molar-refractivity contribution in [3.8, 4) is 0 Å². The van der Waals surface area contributed by atoms with E-state index in [1.807, 2.05) is 47.1 Å². The van der Waals surface area contributed by atoms with E-state index in [2.05, 4.69) is 0 Å². The molecule has 0 radical (unpaired) electrons. The van der Waals surface area contributed by atoms with Gasteiger partial charge in [0.2, 0.25) is 5.91 Å². The number of ether oxygens (including phenoxy) is 1. The molecule has 2 aliphatic heterocycles. The molecule has 0 unspecified atom stereocenters. The first kappa shape index (κ1) is 22.1.